The van der Waals surface area contributed by atoms with Crippen LogP contribution in [0.5, 0.6) is 0 Å². The number of anilines is 2. The van der Waals surface area contributed by atoms with Gasteiger partial charge < -0.3 is 20.4 Å². The van der Waals surface area contributed by atoms with Crippen LogP contribution in [0.25, 0.3) is 10.9 Å². The first-order valence-electron chi connectivity index (χ1n) is 11.0. The highest BCUT2D eigenvalue weighted by Gasteiger charge is 2.27. The summed E-state index contributed by atoms with van der Waals surface area (Å²) < 4.78 is 0. The second-order valence-electron chi connectivity index (χ2n) is 8.36. The lowest BCUT2D eigenvalue weighted by Crippen LogP contribution is -2.31. The topological polar surface area (TPSA) is 90.5 Å². The third kappa shape index (κ3) is 5.93. The first kappa shape index (κ1) is 22.4. The van der Waals surface area contributed by atoms with Gasteiger partial charge in [0.25, 0.3) is 5.91 Å². The summed E-state index contributed by atoms with van der Waals surface area (Å²) in [6.07, 6.45) is 5.94. The molecule has 1 atom stereocenters. The molecule has 1 unspecified atom stereocenters. The van der Waals surface area contributed by atoms with Crippen LogP contribution in [-0.2, 0) is 4.79 Å². The number of nitrogens with zero attached hydrogens (tertiary/aromatic N) is 4. The van der Waals surface area contributed by atoms with E-state index in [2.05, 4.69) is 20.6 Å². The molecule has 0 aliphatic carbocycles. The van der Waals surface area contributed by atoms with E-state index in [1.165, 1.54) is 6.08 Å². The highest BCUT2D eigenvalue weighted by Crippen LogP contribution is 2.19. The molecule has 4 rings (SSSR count). The van der Waals surface area contributed by atoms with Crippen molar-refractivity contribution in [3.63, 3.8) is 0 Å². The van der Waals surface area contributed by atoms with Gasteiger partial charge in [-0.25, -0.2) is 9.97 Å². The predicted octanol–water partition coefficient (Wildman–Crippen LogP) is 3.01. The van der Waals surface area contributed by atoms with Gasteiger partial charge in [0.2, 0.25) is 11.9 Å². The summed E-state index contributed by atoms with van der Waals surface area (Å²) in [7, 11) is 3.88. The number of rotatable bonds is 7. The fourth-order valence-electron chi connectivity index (χ4n) is 3.72. The molecule has 1 aliphatic rings. The van der Waals surface area contributed by atoms with E-state index in [0.717, 1.165) is 17.3 Å². The van der Waals surface area contributed by atoms with E-state index in [1.807, 2.05) is 48.2 Å². The predicted molar refractivity (Wildman–Crippen MR) is 130 cm³/mol. The van der Waals surface area contributed by atoms with Crippen LogP contribution in [0.3, 0.4) is 0 Å². The molecule has 1 aliphatic heterocycles. The number of likely N-dealkylation sites (N-methyl/N-ethyl adjacent to an activating group) is 1. The van der Waals surface area contributed by atoms with E-state index in [9.17, 15) is 9.59 Å². The van der Waals surface area contributed by atoms with Crippen LogP contribution in [-0.4, -0.2) is 71.4 Å². The van der Waals surface area contributed by atoms with Gasteiger partial charge in [-0.3, -0.25) is 9.59 Å². The number of aromatic nitrogens is 2. The maximum absolute atomic E-state index is 12.9. The summed E-state index contributed by atoms with van der Waals surface area (Å²) in [6, 6.07) is 14.9. The molecule has 1 fully saturated rings. The van der Waals surface area contributed by atoms with Crippen LogP contribution in [0, 0.1) is 0 Å². The van der Waals surface area contributed by atoms with Crippen LogP contribution in [0.4, 0.5) is 11.6 Å². The lowest BCUT2D eigenvalue weighted by atomic mass is 10.2. The fourth-order valence-corrected chi connectivity index (χ4v) is 3.72. The molecule has 1 aromatic heterocycles. The van der Waals surface area contributed by atoms with Crippen molar-refractivity contribution >= 4 is 34.4 Å². The average molecular weight is 445 g/mol. The van der Waals surface area contributed by atoms with Crippen molar-refractivity contribution in [1.82, 2.24) is 19.8 Å². The summed E-state index contributed by atoms with van der Waals surface area (Å²) in [6.45, 7) is 1.95. The largest absolute Gasteiger partial charge is 0.350 e. The van der Waals surface area contributed by atoms with Crippen molar-refractivity contribution in [1.29, 1.82) is 0 Å². The molecule has 33 heavy (non-hydrogen) atoms. The Morgan fingerprint density at radius 3 is 2.73 bits per heavy atom. The second kappa shape index (κ2) is 10.2. The van der Waals surface area contributed by atoms with Crippen molar-refractivity contribution in [2.45, 2.75) is 12.5 Å². The SMILES string of the molecule is CN(C)C/C=C/C(=O)Nc1ccc(C(=O)N2CCC(Nc3ncc4ccccc4n3)C2)cc1. The van der Waals surface area contributed by atoms with Gasteiger partial charge in [0.1, 0.15) is 0 Å². The minimum absolute atomic E-state index is 0.0255. The molecular weight excluding hydrogens is 416 g/mol. The van der Waals surface area contributed by atoms with Crippen molar-refractivity contribution in [2.75, 3.05) is 44.4 Å². The molecule has 0 saturated carbocycles. The van der Waals surface area contributed by atoms with Gasteiger partial charge in [-0.2, -0.15) is 0 Å². The number of fused-ring (bicyclic) bond motifs is 1. The standard InChI is InChI=1S/C25H28N6O2/c1-30(2)14-5-8-23(32)27-20-11-9-18(10-12-20)24(33)31-15-13-21(17-31)28-25-26-16-19-6-3-4-7-22(19)29-25/h3-12,16,21H,13-15,17H2,1-2H3,(H,27,32)(H,26,28,29)/b8-5+. The summed E-state index contributed by atoms with van der Waals surface area (Å²) in [5.41, 5.74) is 2.14. The first-order valence-corrected chi connectivity index (χ1v) is 11.0. The number of amides is 2. The molecule has 8 heteroatoms. The summed E-state index contributed by atoms with van der Waals surface area (Å²) in [5.74, 6) is 0.357. The minimum atomic E-state index is -0.194. The van der Waals surface area contributed by atoms with Crippen molar-refractivity contribution in [3.8, 4) is 0 Å². The number of hydrogen-bond acceptors (Lipinski definition) is 6. The highest BCUT2D eigenvalue weighted by molar-refractivity contribution is 6.00. The van der Waals surface area contributed by atoms with E-state index in [-0.39, 0.29) is 17.9 Å². The quantitative estimate of drug-likeness (QED) is 0.545. The number of carbonyl (C=O) groups is 2. The molecule has 0 bridgehead atoms. The van der Waals surface area contributed by atoms with Gasteiger partial charge in [-0.05, 0) is 50.8 Å². The second-order valence-corrected chi connectivity index (χ2v) is 8.36. The number of hydrogen-bond donors (Lipinski definition) is 2. The zero-order valence-electron chi connectivity index (χ0n) is 18.9. The zero-order chi connectivity index (χ0) is 23.2. The Labute approximate surface area is 193 Å². The minimum Gasteiger partial charge on any atom is -0.350 e. The first-order chi connectivity index (χ1) is 16.0. The molecule has 2 amide bonds. The zero-order valence-corrected chi connectivity index (χ0v) is 18.9. The monoisotopic (exact) mass is 444 g/mol. The van der Waals surface area contributed by atoms with Gasteiger partial charge in [0.15, 0.2) is 0 Å². The number of likely N-dealkylation sites (tertiary alicyclic amines) is 1. The summed E-state index contributed by atoms with van der Waals surface area (Å²) >= 11 is 0. The average Bonchev–Trinajstić information content (AvgIpc) is 3.27. The van der Waals surface area contributed by atoms with E-state index < -0.39 is 0 Å². The Morgan fingerprint density at radius 2 is 1.94 bits per heavy atom. The molecule has 2 heterocycles. The maximum atomic E-state index is 12.9. The normalized spacial score (nSPS) is 16.0. The van der Waals surface area contributed by atoms with Gasteiger partial charge in [0, 0.05) is 54.6 Å². The van der Waals surface area contributed by atoms with Gasteiger partial charge in [-0.15, -0.1) is 0 Å². The van der Waals surface area contributed by atoms with Gasteiger partial charge >= 0.3 is 0 Å². The maximum Gasteiger partial charge on any atom is 0.253 e. The lowest BCUT2D eigenvalue weighted by molar-refractivity contribution is -0.111. The van der Waals surface area contributed by atoms with E-state index in [4.69, 9.17) is 0 Å². The number of benzene rings is 2. The number of para-hydroxylation sites is 1. The molecule has 8 nitrogen and oxygen atoms in total. The Hall–Kier alpha value is -3.78. The molecule has 0 radical (unpaired) electrons. The third-order valence-electron chi connectivity index (χ3n) is 5.44. The Bertz CT molecular complexity index is 1160. The van der Waals surface area contributed by atoms with Gasteiger partial charge in [0.05, 0.1) is 5.52 Å². The third-order valence-corrected chi connectivity index (χ3v) is 5.44. The van der Waals surface area contributed by atoms with Crippen molar-refractivity contribution < 1.29 is 9.59 Å². The molecule has 1 saturated heterocycles. The van der Waals surface area contributed by atoms with Crippen LogP contribution in [0.1, 0.15) is 16.8 Å². The van der Waals surface area contributed by atoms with E-state index in [0.29, 0.717) is 36.8 Å². The highest BCUT2D eigenvalue weighted by atomic mass is 16.2. The molecule has 0 spiro atoms. The molecule has 2 aromatic carbocycles. The van der Waals surface area contributed by atoms with Crippen LogP contribution < -0.4 is 10.6 Å². The van der Waals surface area contributed by atoms with Crippen LogP contribution in [0.15, 0.2) is 66.9 Å². The Morgan fingerprint density at radius 1 is 1.15 bits per heavy atom. The molecule has 170 valence electrons. The Kier molecular flexibility index (Phi) is 6.95. The Balaban J connectivity index is 1.31. The molecule has 2 N–H and O–H groups in total. The van der Waals surface area contributed by atoms with Gasteiger partial charge in [-0.1, -0.05) is 24.3 Å². The summed E-state index contributed by atoms with van der Waals surface area (Å²) in [5, 5.41) is 7.15. The smallest absolute Gasteiger partial charge is 0.253 e. The fraction of sp³-hybridized carbons (Fsp3) is 0.280. The number of carbonyl (C=O) groups excluding carboxylic acids is 2. The van der Waals surface area contributed by atoms with E-state index >= 15 is 0 Å². The van der Waals surface area contributed by atoms with Crippen LogP contribution >= 0.6 is 0 Å². The van der Waals surface area contributed by atoms with E-state index in [1.54, 1.807) is 36.5 Å². The summed E-state index contributed by atoms with van der Waals surface area (Å²) in [4.78, 5) is 37.6. The molecular formula is C25H28N6O2. The van der Waals surface area contributed by atoms with Crippen molar-refractivity contribution in [3.05, 3.63) is 72.4 Å². The van der Waals surface area contributed by atoms with Crippen LogP contribution in [0.2, 0.25) is 0 Å². The molecule has 3 aromatic rings. The number of nitrogens with one attached hydrogen (secondary N) is 2. The lowest BCUT2D eigenvalue weighted by Gasteiger charge is -2.17. The van der Waals surface area contributed by atoms with Crippen molar-refractivity contribution in [2.24, 2.45) is 0 Å².